The van der Waals surface area contributed by atoms with Gasteiger partial charge in [0.15, 0.2) is 0 Å². The average Bonchev–Trinajstić information content (AvgIpc) is 2.82. The maximum absolute atomic E-state index is 12.8. The summed E-state index contributed by atoms with van der Waals surface area (Å²) in [5.41, 5.74) is 2.36. The van der Waals surface area contributed by atoms with Crippen LogP contribution in [0.25, 0.3) is 22.3 Å². The molecule has 3 heteroatoms. The number of hydrogen-bond donors (Lipinski definition) is 1. The Bertz CT molecular complexity index is 683. The highest BCUT2D eigenvalue weighted by atomic mass is 19.1. The second-order valence-corrected chi connectivity index (χ2v) is 4.15. The standard InChI is InChI=1S/C15H11FO2/c16-13-5-3-11(4-6-13)15-8-12-2-1-10(9-17)7-14(12)18-15/h1-8,17H,9H2. The Morgan fingerprint density at radius 2 is 1.78 bits per heavy atom. The van der Waals surface area contributed by atoms with E-state index in [2.05, 4.69) is 0 Å². The molecule has 0 aliphatic rings. The summed E-state index contributed by atoms with van der Waals surface area (Å²) in [4.78, 5) is 0. The average molecular weight is 242 g/mol. The van der Waals surface area contributed by atoms with Crippen molar-refractivity contribution in [2.45, 2.75) is 6.61 Å². The van der Waals surface area contributed by atoms with Crippen LogP contribution in [0.1, 0.15) is 5.56 Å². The highest BCUT2D eigenvalue weighted by Gasteiger charge is 2.06. The van der Waals surface area contributed by atoms with E-state index in [-0.39, 0.29) is 12.4 Å². The molecule has 90 valence electrons. The van der Waals surface area contributed by atoms with Crippen molar-refractivity contribution < 1.29 is 13.9 Å². The minimum Gasteiger partial charge on any atom is -0.456 e. The van der Waals surface area contributed by atoms with Crippen molar-refractivity contribution in [3.63, 3.8) is 0 Å². The van der Waals surface area contributed by atoms with E-state index in [4.69, 9.17) is 9.52 Å². The summed E-state index contributed by atoms with van der Waals surface area (Å²) in [6, 6.07) is 13.6. The Balaban J connectivity index is 2.10. The van der Waals surface area contributed by atoms with Crippen LogP contribution in [0.15, 0.2) is 52.9 Å². The zero-order chi connectivity index (χ0) is 12.5. The molecule has 2 nitrogen and oxygen atoms in total. The Morgan fingerprint density at radius 3 is 2.50 bits per heavy atom. The maximum atomic E-state index is 12.8. The van der Waals surface area contributed by atoms with Crippen molar-refractivity contribution in [3.8, 4) is 11.3 Å². The van der Waals surface area contributed by atoms with E-state index in [0.717, 1.165) is 22.1 Å². The molecule has 0 spiro atoms. The third kappa shape index (κ3) is 1.89. The van der Waals surface area contributed by atoms with Crippen LogP contribution in [0.3, 0.4) is 0 Å². The fourth-order valence-corrected chi connectivity index (χ4v) is 1.93. The van der Waals surface area contributed by atoms with Crippen LogP contribution in [-0.2, 0) is 6.61 Å². The van der Waals surface area contributed by atoms with Crippen LogP contribution in [0.2, 0.25) is 0 Å². The van der Waals surface area contributed by atoms with Gasteiger partial charge in [-0.1, -0.05) is 12.1 Å². The molecular formula is C15H11FO2. The van der Waals surface area contributed by atoms with Gasteiger partial charge >= 0.3 is 0 Å². The van der Waals surface area contributed by atoms with E-state index in [9.17, 15) is 4.39 Å². The van der Waals surface area contributed by atoms with Gasteiger partial charge < -0.3 is 9.52 Å². The molecule has 1 aromatic heterocycles. The minimum absolute atomic E-state index is 0.0114. The van der Waals surface area contributed by atoms with Crippen molar-refractivity contribution in [2.75, 3.05) is 0 Å². The predicted octanol–water partition coefficient (Wildman–Crippen LogP) is 3.73. The van der Waals surface area contributed by atoms with Crippen molar-refractivity contribution in [1.82, 2.24) is 0 Å². The number of halogens is 1. The van der Waals surface area contributed by atoms with Gasteiger partial charge in [0.25, 0.3) is 0 Å². The molecule has 3 aromatic rings. The Morgan fingerprint density at radius 1 is 1.00 bits per heavy atom. The van der Waals surface area contributed by atoms with Gasteiger partial charge in [-0.2, -0.15) is 0 Å². The largest absolute Gasteiger partial charge is 0.456 e. The fourth-order valence-electron chi connectivity index (χ4n) is 1.93. The quantitative estimate of drug-likeness (QED) is 0.742. The first-order valence-corrected chi connectivity index (χ1v) is 5.65. The summed E-state index contributed by atoms with van der Waals surface area (Å²) in [5, 5.41) is 10.0. The van der Waals surface area contributed by atoms with Crippen LogP contribution >= 0.6 is 0 Å². The van der Waals surface area contributed by atoms with E-state index in [1.54, 1.807) is 12.1 Å². The molecule has 0 atom stereocenters. The van der Waals surface area contributed by atoms with E-state index in [1.807, 2.05) is 24.3 Å². The van der Waals surface area contributed by atoms with Crippen molar-refractivity contribution in [1.29, 1.82) is 0 Å². The topological polar surface area (TPSA) is 33.4 Å². The first kappa shape index (κ1) is 11.0. The fraction of sp³-hybridized carbons (Fsp3) is 0.0667. The summed E-state index contributed by atoms with van der Waals surface area (Å²) in [6.45, 7) is -0.0114. The number of benzene rings is 2. The normalized spacial score (nSPS) is 11.0. The van der Waals surface area contributed by atoms with E-state index >= 15 is 0 Å². The Labute approximate surface area is 103 Å². The van der Waals surface area contributed by atoms with Gasteiger partial charge in [0.1, 0.15) is 17.2 Å². The van der Waals surface area contributed by atoms with Gasteiger partial charge in [-0.25, -0.2) is 4.39 Å². The second kappa shape index (κ2) is 4.27. The lowest BCUT2D eigenvalue weighted by atomic mass is 10.1. The molecule has 0 fully saturated rings. The molecule has 18 heavy (non-hydrogen) atoms. The lowest BCUT2D eigenvalue weighted by molar-refractivity contribution is 0.282. The molecule has 0 aliphatic heterocycles. The molecule has 0 aliphatic carbocycles. The van der Waals surface area contributed by atoms with Gasteiger partial charge in [0, 0.05) is 10.9 Å². The lowest BCUT2D eigenvalue weighted by Gasteiger charge is -1.95. The van der Waals surface area contributed by atoms with Gasteiger partial charge in [-0.05, 0) is 42.0 Å². The molecule has 0 saturated carbocycles. The molecule has 0 saturated heterocycles. The van der Waals surface area contributed by atoms with Crippen molar-refractivity contribution >= 4 is 11.0 Å². The van der Waals surface area contributed by atoms with Crippen LogP contribution in [-0.4, -0.2) is 5.11 Å². The minimum atomic E-state index is -0.266. The number of furan rings is 1. The third-order valence-electron chi connectivity index (χ3n) is 2.90. The van der Waals surface area contributed by atoms with Gasteiger partial charge in [-0.3, -0.25) is 0 Å². The van der Waals surface area contributed by atoms with Crippen LogP contribution in [0.5, 0.6) is 0 Å². The van der Waals surface area contributed by atoms with Gasteiger partial charge in [0.05, 0.1) is 6.61 Å². The molecular weight excluding hydrogens is 231 g/mol. The van der Waals surface area contributed by atoms with Crippen molar-refractivity contribution in [2.24, 2.45) is 0 Å². The van der Waals surface area contributed by atoms with Crippen LogP contribution < -0.4 is 0 Å². The smallest absolute Gasteiger partial charge is 0.135 e. The van der Waals surface area contributed by atoms with Gasteiger partial charge in [-0.15, -0.1) is 0 Å². The first-order valence-electron chi connectivity index (χ1n) is 5.65. The molecule has 0 bridgehead atoms. The highest BCUT2D eigenvalue weighted by molar-refractivity contribution is 5.83. The molecule has 0 radical (unpaired) electrons. The first-order chi connectivity index (χ1) is 8.76. The zero-order valence-electron chi connectivity index (χ0n) is 9.56. The summed E-state index contributed by atoms with van der Waals surface area (Å²) in [5.74, 6) is 0.428. The number of rotatable bonds is 2. The molecule has 2 aromatic carbocycles. The number of aliphatic hydroxyl groups is 1. The zero-order valence-corrected chi connectivity index (χ0v) is 9.56. The predicted molar refractivity (Wildman–Crippen MR) is 67.5 cm³/mol. The lowest BCUT2D eigenvalue weighted by Crippen LogP contribution is -1.79. The Kier molecular flexibility index (Phi) is 2.61. The van der Waals surface area contributed by atoms with Gasteiger partial charge in [0.2, 0.25) is 0 Å². The number of aliphatic hydroxyl groups excluding tert-OH is 1. The monoisotopic (exact) mass is 242 g/mol. The summed E-state index contributed by atoms with van der Waals surface area (Å²) >= 11 is 0. The molecule has 1 N–H and O–H groups in total. The van der Waals surface area contributed by atoms with Crippen LogP contribution in [0.4, 0.5) is 4.39 Å². The summed E-state index contributed by atoms with van der Waals surface area (Å²) in [7, 11) is 0. The van der Waals surface area contributed by atoms with E-state index in [1.165, 1.54) is 12.1 Å². The number of fused-ring (bicyclic) bond motifs is 1. The Hall–Kier alpha value is -2.13. The third-order valence-corrected chi connectivity index (χ3v) is 2.90. The number of hydrogen-bond acceptors (Lipinski definition) is 2. The van der Waals surface area contributed by atoms with Crippen LogP contribution in [0, 0.1) is 5.82 Å². The SMILES string of the molecule is OCc1ccc2cc(-c3ccc(F)cc3)oc2c1. The van der Waals surface area contributed by atoms with E-state index < -0.39 is 0 Å². The summed E-state index contributed by atoms with van der Waals surface area (Å²) < 4.78 is 18.6. The maximum Gasteiger partial charge on any atom is 0.135 e. The molecule has 0 amide bonds. The highest BCUT2D eigenvalue weighted by Crippen LogP contribution is 2.28. The second-order valence-electron chi connectivity index (χ2n) is 4.15. The summed E-state index contributed by atoms with van der Waals surface area (Å²) in [6.07, 6.45) is 0. The molecule has 1 heterocycles. The van der Waals surface area contributed by atoms with Crippen molar-refractivity contribution in [3.05, 3.63) is 59.9 Å². The van der Waals surface area contributed by atoms with E-state index in [0.29, 0.717) is 5.76 Å². The molecule has 3 rings (SSSR count). The molecule has 0 unspecified atom stereocenters.